The fourth-order valence-electron chi connectivity index (χ4n) is 2.86. The molecule has 1 heterocycles. The molecule has 2 aromatic carbocycles. The van der Waals surface area contributed by atoms with Gasteiger partial charge in [-0.15, -0.1) is 0 Å². The molecule has 0 aliphatic rings. The third kappa shape index (κ3) is 2.58. The molecule has 0 atom stereocenters. The van der Waals surface area contributed by atoms with Crippen molar-refractivity contribution in [3.05, 3.63) is 69.6 Å². The highest BCUT2D eigenvalue weighted by Gasteiger charge is 2.22. The lowest BCUT2D eigenvalue weighted by molar-refractivity contribution is 0.0984. The largest absolute Gasteiger partial charge is 0.307 e. The van der Waals surface area contributed by atoms with E-state index in [4.69, 9.17) is 0 Å². The first-order chi connectivity index (χ1) is 11.5. The summed E-state index contributed by atoms with van der Waals surface area (Å²) in [6.07, 6.45) is 0. The van der Waals surface area contributed by atoms with Crippen molar-refractivity contribution in [3.63, 3.8) is 0 Å². The van der Waals surface area contributed by atoms with Crippen LogP contribution in [0.1, 0.15) is 28.5 Å². The van der Waals surface area contributed by atoms with Crippen LogP contribution in [-0.2, 0) is 0 Å². The lowest BCUT2D eigenvalue weighted by Crippen LogP contribution is -2.33. The van der Waals surface area contributed by atoms with Crippen LogP contribution in [0.2, 0.25) is 0 Å². The third-order valence-electron chi connectivity index (χ3n) is 4.33. The third-order valence-corrected chi connectivity index (χ3v) is 4.33. The quantitative estimate of drug-likeness (QED) is 0.805. The summed E-state index contributed by atoms with van der Waals surface area (Å²) >= 11 is 0. The molecular weight excluding hydrogens is 302 g/mol. The van der Waals surface area contributed by atoms with E-state index in [9.17, 15) is 9.59 Å². The van der Waals surface area contributed by atoms with Crippen molar-refractivity contribution < 1.29 is 4.79 Å². The van der Waals surface area contributed by atoms with E-state index >= 15 is 0 Å². The number of benzene rings is 2. The summed E-state index contributed by atoms with van der Waals surface area (Å²) in [5.41, 5.74) is 3.00. The van der Waals surface area contributed by atoms with Gasteiger partial charge in [0, 0.05) is 17.6 Å². The highest BCUT2D eigenvalue weighted by molar-refractivity contribution is 6.12. The number of aromatic nitrogens is 2. The van der Waals surface area contributed by atoms with Crippen molar-refractivity contribution in [1.29, 1.82) is 0 Å². The summed E-state index contributed by atoms with van der Waals surface area (Å²) in [6.45, 7) is 6.45. The number of carbonyl (C=O) groups excluding carboxylic acids is 1. The minimum atomic E-state index is -0.295. The highest BCUT2D eigenvalue weighted by Crippen LogP contribution is 2.25. The van der Waals surface area contributed by atoms with Gasteiger partial charge in [0.1, 0.15) is 0 Å². The van der Waals surface area contributed by atoms with Crippen LogP contribution in [0, 0.1) is 13.8 Å². The van der Waals surface area contributed by atoms with E-state index in [2.05, 4.69) is 10.2 Å². The van der Waals surface area contributed by atoms with Crippen molar-refractivity contribution in [2.75, 3.05) is 11.4 Å². The smallest absolute Gasteiger partial charge is 0.279 e. The van der Waals surface area contributed by atoms with Gasteiger partial charge >= 0.3 is 0 Å². The van der Waals surface area contributed by atoms with Gasteiger partial charge in [0.2, 0.25) is 0 Å². The zero-order valence-electron chi connectivity index (χ0n) is 14.0. The number of aryl methyl sites for hydroxylation is 1. The lowest BCUT2D eigenvalue weighted by Gasteiger charge is -2.23. The van der Waals surface area contributed by atoms with E-state index in [1.807, 2.05) is 39.0 Å². The molecule has 1 N–H and O–H groups in total. The van der Waals surface area contributed by atoms with E-state index in [-0.39, 0.29) is 17.2 Å². The van der Waals surface area contributed by atoms with Gasteiger partial charge in [-0.1, -0.05) is 30.3 Å². The number of aromatic amines is 1. The van der Waals surface area contributed by atoms with Gasteiger partial charge in [-0.05, 0) is 44.0 Å². The molecule has 5 nitrogen and oxygen atoms in total. The Labute approximate surface area is 139 Å². The second-order valence-electron chi connectivity index (χ2n) is 5.72. The summed E-state index contributed by atoms with van der Waals surface area (Å²) in [5, 5.41) is 7.48. The summed E-state index contributed by atoms with van der Waals surface area (Å²) in [5.74, 6) is -0.223. The Morgan fingerprint density at radius 2 is 1.79 bits per heavy atom. The molecule has 0 unspecified atom stereocenters. The number of hydrogen-bond acceptors (Lipinski definition) is 3. The molecule has 1 aromatic heterocycles. The van der Waals surface area contributed by atoms with Crippen molar-refractivity contribution >= 4 is 22.4 Å². The SMILES string of the molecule is CCN(C(=O)c1n[nH]c(=O)c2ccccc12)c1cccc(C)c1C. The maximum atomic E-state index is 13.1. The van der Waals surface area contributed by atoms with Gasteiger partial charge in [0.05, 0.1) is 5.39 Å². The van der Waals surface area contributed by atoms with Gasteiger partial charge in [0.15, 0.2) is 5.69 Å². The molecule has 0 aliphatic heterocycles. The Balaban J connectivity index is 2.16. The van der Waals surface area contributed by atoms with Crippen LogP contribution in [0.5, 0.6) is 0 Å². The first-order valence-corrected chi connectivity index (χ1v) is 7.90. The molecule has 0 radical (unpaired) electrons. The van der Waals surface area contributed by atoms with Gasteiger partial charge < -0.3 is 4.90 Å². The zero-order chi connectivity index (χ0) is 17.3. The number of rotatable bonds is 3. The minimum absolute atomic E-state index is 0.223. The Morgan fingerprint density at radius 3 is 2.50 bits per heavy atom. The number of fused-ring (bicyclic) bond motifs is 1. The van der Waals surface area contributed by atoms with Crippen LogP contribution in [0.15, 0.2) is 47.3 Å². The molecule has 0 spiro atoms. The van der Waals surface area contributed by atoms with Crippen molar-refractivity contribution in [2.24, 2.45) is 0 Å². The molecule has 24 heavy (non-hydrogen) atoms. The van der Waals surface area contributed by atoms with E-state index in [0.717, 1.165) is 16.8 Å². The maximum Gasteiger partial charge on any atom is 0.279 e. The number of nitrogens with zero attached hydrogens (tertiary/aromatic N) is 2. The fourth-order valence-corrected chi connectivity index (χ4v) is 2.86. The van der Waals surface area contributed by atoms with Crippen LogP contribution in [-0.4, -0.2) is 22.6 Å². The normalized spacial score (nSPS) is 10.8. The number of carbonyl (C=O) groups is 1. The lowest BCUT2D eigenvalue weighted by atomic mass is 10.1. The molecule has 3 aromatic rings. The van der Waals surface area contributed by atoms with Gasteiger partial charge in [-0.2, -0.15) is 5.10 Å². The summed E-state index contributed by atoms with van der Waals surface area (Å²) < 4.78 is 0. The highest BCUT2D eigenvalue weighted by atomic mass is 16.2. The van der Waals surface area contributed by atoms with Crippen molar-refractivity contribution in [3.8, 4) is 0 Å². The number of hydrogen-bond donors (Lipinski definition) is 1. The van der Waals surface area contributed by atoms with Crippen LogP contribution < -0.4 is 10.5 Å². The van der Waals surface area contributed by atoms with Crippen LogP contribution in [0.25, 0.3) is 10.8 Å². The Morgan fingerprint density at radius 1 is 1.08 bits per heavy atom. The van der Waals surface area contributed by atoms with Crippen LogP contribution >= 0.6 is 0 Å². The zero-order valence-corrected chi connectivity index (χ0v) is 14.0. The molecule has 0 fully saturated rings. The van der Waals surface area contributed by atoms with Crippen molar-refractivity contribution in [2.45, 2.75) is 20.8 Å². The van der Waals surface area contributed by atoms with Gasteiger partial charge in [-0.25, -0.2) is 5.10 Å². The topological polar surface area (TPSA) is 66.1 Å². The second-order valence-corrected chi connectivity index (χ2v) is 5.72. The maximum absolute atomic E-state index is 13.1. The molecule has 3 rings (SSSR count). The van der Waals surface area contributed by atoms with Gasteiger partial charge in [-0.3, -0.25) is 9.59 Å². The Kier molecular flexibility index (Phi) is 4.16. The summed E-state index contributed by atoms with van der Waals surface area (Å²) in [7, 11) is 0. The van der Waals surface area contributed by atoms with Crippen LogP contribution in [0.4, 0.5) is 5.69 Å². The standard InChI is InChI=1S/C19H19N3O2/c1-4-22(16-11-7-8-12(2)13(16)3)19(24)17-14-9-5-6-10-15(14)18(23)21-20-17/h5-11H,4H2,1-3H3,(H,21,23). The molecule has 0 aliphatic carbocycles. The average molecular weight is 321 g/mol. The summed E-state index contributed by atoms with van der Waals surface area (Å²) in [4.78, 5) is 26.7. The molecule has 122 valence electrons. The number of H-pyrrole nitrogens is 1. The molecule has 0 saturated carbocycles. The number of amides is 1. The molecule has 0 bridgehead atoms. The molecule has 1 amide bonds. The molecule has 0 saturated heterocycles. The van der Waals surface area contributed by atoms with E-state index in [0.29, 0.717) is 17.3 Å². The fraction of sp³-hybridized carbons (Fsp3) is 0.211. The monoisotopic (exact) mass is 321 g/mol. The number of anilines is 1. The predicted octanol–water partition coefficient (Wildman–Crippen LogP) is 3.21. The molecule has 5 heteroatoms. The van der Waals surface area contributed by atoms with E-state index in [1.54, 1.807) is 29.2 Å². The first kappa shape index (κ1) is 15.9. The molecular formula is C19H19N3O2. The van der Waals surface area contributed by atoms with Gasteiger partial charge in [0.25, 0.3) is 11.5 Å². The first-order valence-electron chi connectivity index (χ1n) is 7.90. The Bertz CT molecular complexity index is 976. The van der Waals surface area contributed by atoms with Crippen molar-refractivity contribution in [1.82, 2.24) is 10.2 Å². The van der Waals surface area contributed by atoms with E-state index < -0.39 is 0 Å². The predicted molar refractivity (Wildman–Crippen MR) is 95.6 cm³/mol. The van der Waals surface area contributed by atoms with Crippen LogP contribution in [0.3, 0.4) is 0 Å². The van der Waals surface area contributed by atoms with E-state index in [1.165, 1.54) is 0 Å². The average Bonchev–Trinajstić information content (AvgIpc) is 2.59. The second kappa shape index (κ2) is 6.28. The minimum Gasteiger partial charge on any atom is -0.307 e. The number of nitrogens with one attached hydrogen (secondary N) is 1. The summed E-state index contributed by atoms with van der Waals surface area (Å²) in [6, 6.07) is 12.9. The Hall–Kier alpha value is -2.95.